The summed E-state index contributed by atoms with van der Waals surface area (Å²) >= 11 is 8.51. The van der Waals surface area contributed by atoms with Gasteiger partial charge in [-0.3, -0.25) is 9.59 Å². The number of anilines is 1. The van der Waals surface area contributed by atoms with Crippen molar-refractivity contribution in [2.24, 2.45) is 0 Å². The molecule has 0 saturated heterocycles. The van der Waals surface area contributed by atoms with Crippen LogP contribution in [0, 0.1) is 5.82 Å². The van der Waals surface area contributed by atoms with Gasteiger partial charge in [-0.15, -0.1) is 23.1 Å². The summed E-state index contributed by atoms with van der Waals surface area (Å²) in [5.41, 5.74) is 0.671. The van der Waals surface area contributed by atoms with Crippen LogP contribution >= 0.6 is 34.7 Å². The van der Waals surface area contributed by atoms with Crippen LogP contribution in [0.1, 0.15) is 11.8 Å². The molecule has 3 rings (SSSR count). The van der Waals surface area contributed by atoms with Gasteiger partial charge in [0.15, 0.2) is 0 Å². The number of hydrogen-bond acceptors (Lipinski definition) is 4. The number of benzene rings is 1. The zero-order valence-electron chi connectivity index (χ0n) is 12.0. The van der Waals surface area contributed by atoms with Crippen molar-refractivity contribution in [2.45, 2.75) is 6.92 Å². The number of carbonyl (C=O) groups excluding carboxylic acids is 2. The van der Waals surface area contributed by atoms with Crippen molar-refractivity contribution in [3.63, 3.8) is 0 Å². The summed E-state index contributed by atoms with van der Waals surface area (Å²) < 4.78 is 13.3. The van der Waals surface area contributed by atoms with Crippen LogP contribution in [0.15, 0.2) is 40.6 Å². The second-order valence-corrected chi connectivity index (χ2v) is 7.29. The minimum absolute atomic E-state index is 0.127. The molecule has 1 aliphatic heterocycles. The maximum atomic E-state index is 13.3. The summed E-state index contributed by atoms with van der Waals surface area (Å²) in [5.74, 6) is -0.727. The first-order valence-corrected chi connectivity index (χ1v) is 9.03. The summed E-state index contributed by atoms with van der Waals surface area (Å²) in [6.45, 7) is 1.92. The maximum absolute atomic E-state index is 13.3. The lowest BCUT2D eigenvalue weighted by molar-refractivity contribution is -0.119. The molecule has 0 radical (unpaired) electrons. The van der Waals surface area contributed by atoms with Crippen LogP contribution in [0.3, 0.4) is 0 Å². The molecule has 0 saturated carbocycles. The van der Waals surface area contributed by atoms with Crippen LogP contribution in [0.4, 0.5) is 10.1 Å². The average molecular weight is 368 g/mol. The third-order valence-electron chi connectivity index (χ3n) is 3.26. The minimum Gasteiger partial charge on any atom is -0.268 e. The quantitative estimate of drug-likeness (QED) is 0.742. The van der Waals surface area contributed by atoms with Crippen LogP contribution < -0.4 is 4.90 Å². The number of carbonyl (C=O) groups is 2. The smallest absolute Gasteiger partial charge is 0.268 e. The number of thioether (sulfide) groups is 1. The van der Waals surface area contributed by atoms with Gasteiger partial charge in [-0.1, -0.05) is 24.6 Å². The van der Waals surface area contributed by atoms with E-state index >= 15 is 0 Å². The molecule has 0 spiro atoms. The molecule has 0 fully saturated rings. The van der Waals surface area contributed by atoms with Crippen molar-refractivity contribution in [3.8, 4) is 0 Å². The molecule has 2 amide bonds. The van der Waals surface area contributed by atoms with Crippen LogP contribution in [0.2, 0.25) is 5.02 Å². The van der Waals surface area contributed by atoms with E-state index in [1.165, 1.54) is 35.2 Å². The number of imide groups is 1. The van der Waals surface area contributed by atoms with Gasteiger partial charge in [0.25, 0.3) is 11.8 Å². The monoisotopic (exact) mass is 367 g/mol. The average Bonchev–Trinajstić information content (AvgIpc) is 3.11. The zero-order chi connectivity index (χ0) is 16.6. The number of nitrogens with zero attached hydrogens (tertiary/aromatic N) is 1. The van der Waals surface area contributed by atoms with Gasteiger partial charge in [0.2, 0.25) is 0 Å². The highest BCUT2D eigenvalue weighted by Gasteiger charge is 2.40. The highest BCUT2D eigenvalue weighted by molar-refractivity contribution is 8.04. The van der Waals surface area contributed by atoms with Crippen LogP contribution in [-0.4, -0.2) is 17.6 Å². The van der Waals surface area contributed by atoms with Gasteiger partial charge < -0.3 is 0 Å². The second kappa shape index (κ2) is 6.47. The fourth-order valence-electron chi connectivity index (χ4n) is 2.28. The van der Waals surface area contributed by atoms with E-state index in [2.05, 4.69) is 0 Å². The molecule has 1 aromatic heterocycles. The standard InChI is InChI=1S/C16H11ClFNO2S2/c1-2-22-14-13(12-4-3-7-23-12)15(20)19(16(14)21)9-5-6-11(18)10(17)8-9/h3-8H,2H2,1H3. The summed E-state index contributed by atoms with van der Waals surface area (Å²) in [6.07, 6.45) is 0. The van der Waals surface area contributed by atoms with Crippen molar-refractivity contribution in [1.82, 2.24) is 0 Å². The van der Waals surface area contributed by atoms with Gasteiger partial charge in [-0.05, 0) is 35.4 Å². The van der Waals surface area contributed by atoms with Crippen LogP contribution in [-0.2, 0) is 9.59 Å². The van der Waals surface area contributed by atoms with Crippen molar-refractivity contribution in [2.75, 3.05) is 10.7 Å². The predicted molar refractivity (Wildman–Crippen MR) is 93.3 cm³/mol. The summed E-state index contributed by atoms with van der Waals surface area (Å²) in [6, 6.07) is 7.45. The van der Waals surface area contributed by atoms with E-state index in [1.54, 1.807) is 0 Å². The largest absolute Gasteiger partial charge is 0.272 e. The normalized spacial score (nSPS) is 15.0. The second-order valence-electron chi connectivity index (χ2n) is 4.66. The Morgan fingerprint density at radius 1 is 1.26 bits per heavy atom. The molecule has 0 N–H and O–H groups in total. The van der Waals surface area contributed by atoms with Gasteiger partial charge in [0, 0.05) is 4.88 Å². The number of amides is 2. The molecule has 23 heavy (non-hydrogen) atoms. The summed E-state index contributed by atoms with van der Waals surface area (Å²) in [5, 5.41) is 1.73. The summed E-state index contributed by atoms with van der Waals surface area (Å²) in [4.78, 5) is 27.7. The Bertz CT molecular complexity index is 817. The van der Waals surface area contributed by atoms with Crippen LogP contribution in [0.5, 0.6) is 0 Å². The third kappa shape index (κ3) is 2.82. The Balaban J connectivity index is 2.08. The van der Waals surface area contributed by atoms with Crippen LogP contribution in [0.25, 0.3) is 5.57 Å². The highest BCUT2D eigenvalue weighted by atomic mass is 35.5. The number of halogens is 2. The van der Waals surface area contributed by atoms with Crippen molar-refractivity contribution >= 4 is 57.8 Å². The number of hydrogen-bond donors (Lipinski definition) is 0. The Kier molecular flexibility index (Phi) is 4.57. The van der Waals surface area contributed by atoms with E-state index < -0.39 is 17.6 Å². The van der Waals surface area contributed by atoms with E-state index in [9.17, 15) is 14.0 Å². The fourth-order valence-corrected chi connectivity index (χ4v) is 4.14. The SMILES string of the molecule is CCSC1=C(c2cccs2)C(=O)N(c2ccc(F)c(Cl)c2)C1=O. The molecule has 0 atom stereocenters. The first-order valence-electron chi connectivity index (χ1n) is 6.79. The molecule has 0 aliphatic carbocycles. The lowest BCUT2D eigenvalue weighted by Gasteiger charge is -2.15. The maximum Gasteiger partial charge on any atom is 0.272 e. The number of rotatable bonds is 4. The van der Waals surface area contributed by atoms with E-state index in [1.807, 2.05) is 24.4 Å². The van der Waals surface area contributed by atoms with Gasteiger partial charge in [0.1, 0.15) is 5.82 Å². The van der Waals surface area contributed by atoms with Crippen molar-refractivity contribution < 1.29 is 14.0 Å². The van der Waals surface area contributed by atoms with E-state index in [0.717, 1.165) is 15.8 Å². The first kappa shape index (κ1) is 16.2. The predicted octanol–water partition coefficient (Wildman–Crippen LogP) is 4.58. The van der Waals surface area contributed by atoms with Gasteiger partial charge in [-0.25, -0.2) is 9.29 Å². The fraction of sp³-hybridized carbons (Fsp3) is 0.125. The molecule has 2 heterocycles. The molecule has 1 aliphatic rings. The topological polar surface area (TPSA) is 37.4 Å². The molecule has 7 heteroatoms. The molecular weight excluding hydrogens is 357 g/mol. The van der Waals surface area contributed by atoms with Crippen molar-refractivity contribution in [1.29, 1.82) is 0 Å². The summed E-state index contributed by atoms with van der Waals surface area (Å²) in [7, 11) is 0. The molecule has 0 unspecified atom stereocenters. The Morgan fingerprint density at radius 3 is 2.65 bits per heavy atom. The Labute approximate surface area is 145 Å². The molecule has 118 valence electrons. The minimum atomic E-state index is -0.593. The van der Waals surface area contributed by atoms with Gasteiger partial charge in [-0.2, -0.15) is 0 Å². The molecule has 3 nitrogen and oxygen atoms in total. The molecular formula is C16H11ClFNO2S2. The highest BCUT2D eigenvalue weighted by Crippen LogP contribution is 2.40. The van der Waals surface area contributed by atoms with E-state index in [-0.39, 0.29) is 10.7 Å². The Morgan fingerprint density at radius 2 is 2.04 bits per heavy atom. The lowest BCUT2D eigenvalue weighted by atomic mass is 10.2. The lowest BCUT2D eigenvalue weighted by Crippen LogP contribution is -2.31. The Hall–Kier alpha value is -1.63. The number of thiophene rings is 1. The van der Waals surface area contributed by atoms with Crippen molar-refractivity contribution in [3.05, 3.63) is 56.3 Å². The zero-order valence-corrected chi connectivity index (χ0v) is 14.4. The molecule has 2 aromatic rings. The third-order valence-corrected chi connectivity index (χ3v) is 5.39. The first-order chi connectivity index (χ1) is 11.0. The molecule has 0 bridgehead atoms. The molecule has 1 aromatic carbocycles. The van der Waals surface area contributed by atoms with Gasteiger partial charge >= 0.3 is 0 Å². The van der Waals surface area contributed by atoms with E-state index in [0.29, 0.717) is 16.2 Å². The van der Waals surface area contributed by atoms with E-state index in [4.69, 9.17) is 11.6 Å². The van der Waals surface area contributed by atoms with Gasteiger partial charge in [0.05, 0.1) is 21.2 Å².